The third-order valence-electron chi connectivity index (χ3n) is 8.66. The topological polar surface area (TPSA) is 127 Å². The summed E-state index contributed by atoms with van der Waals surface area (Å²) in [5.74, 6) is 3.56. The van der Waals surface area contributed by atoms with Crippen molar-refractivity contribution in [2.75, 3.05) is 30.0 Å². The van der Waals surface area contributed by atoms with E-state index in [-0.39, 0.29) is 17.9 Å². The number of aromatic amines is 1. The zero-order chi connectivity index (χ0) is 25.5. The fraction of sp³-hybridized carbons (Fsp3) is 0.731. The minimum atomic E-state index is -0.629. The van der Waals surface area contributed by atoms with E-state index in [9.17, 15) is 4.79 Å². The van der Waals surface area contributed by atoms with Gasteiger partial charge in [0.25, 0.3) is 0 Å². The van der Waals surface area contributed by atoms with Crippen LogP contribution in [0.3, 0.4) is 0 Å². The monoisotopic (exact) mass is 510 g/mol. The molecule has 3 fully saturated rings. The molecule has 2 N–H and O–H groups in total. The molecule has 0 radical (unpaired) electrons. The van der Waals surface area contributed by atoms with Gasteiger partial charge >= 0.3 is 5.76 Å². The Morgan fingerprint density at radius 3 is 2.59 bits per heavy atom. The smallest absolute Gasteiger partial charge is 0.377 e. The Kier molecular flexibility index (Phi) is 6.64. The minimum Gasteiger partial charge on any atom is -0.377 e. The van der Waals surface area contributed by atoms with Gasteiger partial charge in [-0.25, -0.2) is 14.8 Å². The van der Waals surface area contributed by atoms with Gasteiger partial charge in [0.2, 0.25) is 17.6 Å². The lowest BCUT2D eigenvalue weighted by molar-refractivity contribution is 0.0976. The molecule has 2 aliphatic carbocycles. The Labute approximate surface area is 216 Å². The highest BCUT2D eigenvalue weighted by Crippen LogP contribution is 2.37. The van der Waals surface area contributed by atoms with Crippen LogP contribution in [0.25, 0.3) is 22.8 Å². The molecule has 3 aromatic heterocycles. The molecule has 1 aliphatic heterocycles. The molecule has 200 valence electrons. The highest BCUT2D eigenvalue weighted by atomic mass is 16.5. The first-order chi connectivity index (χ1) is 18.0. The van der Waals surface area contributed by atoms with Crippen molar-refractivity contribution < 1.29 is 9.26 Å². The van der Waals surface area contributed by atoms with E-state index in [1.807, 2.05) is 0 Å². The lowest BCUT2D eigenvalue weighted by Crippen LogP contribution is -2.45. The van der Waals surface area contributed by atoms with Gasteiger partial charge in [-0.15, -0.1) is 0 Å². The molecule has 11 nitrogen and oxygen atoms in total. The molecule has 3 aliphatic rings. The van der Waals surface area contributed by atoms with Crippen LogP contribution in [0.2, 0.25) is 0 Å². The highest BCUT2D eigenvalue weighted by Gasteiger charge is 2.31. The van der Waals surface area contributed by atoms with E-state index in [0.29, 0.717) is 36.5 Å². The molecule has 0 unspecified atom stereocenters. The summed E-state index contributed by atoms with van der Waals surface area (Å²) in [4.78, 5) is 31.4. The van der Waals surface area contributed by atoms with Crippen molar-refractivity contribution in [3.63, 3.8) is 0 Å². The first kappa shape index (κ1) is 24.4. The van der Waals surface area contributed by atoms with Crippen LogP contribution in [0.4, 0.5) is 11.8 Å². The van der Waals surface area contributed by atoms with Crippen molar-refractivity contribution in [3.8, 4) is 11.6 Å². The number of nitrogens with one attached hydrogen (secondary N) is 2. The van der Waals surface area contributed by atoms with Crippen LogP contribution in [0.5, 0.6) is 0 Å². The number of H-pyrrole nitrogens is 1. The summed E-state index contributed by atoms with van der Waals surface area (Å²) in [7, 11) is 0. The van der Waals surface area contributed by atoms with E-state index in [4.69, 9.17) is 24.2 Å². The Balaban J connectivity index is 1.48. The lowest BCUT2D eigenvalue weighted by atomic mass is 9.80. The Bertz CT molecular complexity index is 1290. The van der Waals surface area contributed by atoms with Crippen molar-refractivity contribution in [1.82, 2.24) is 29.7 Å². The maximum atomic E-state index is 11.7. The minimum absolute atomic E-state index is 0.209. The number of rotatable bonds is 7. The molecular formula is C26H38N8O3. The largest absolute Gasteiger partial charge is 0.439 e. The average Bonchev–Trinajstić information content (AvgIpc) is 3.43. The number of imidazole rings is 1. The zero-order valence-corrected chi connectivity index (χ0v) is 22.1. The maximum absolute atomic E-state index is 11.7. The number of morpholine rings is 1. The van der Waals surface area contributed by atoms with Gasteiger partial charge < -0.3 is 19.5 Å². The summed E-state index contributed by atoms with van der Waals surface area (Å²) in [5.41, 5.74) is 1.53. The maximum Gasteiger partial charge on any atom is 0.439 e. The highest BCUT2D eigenvalue weighted by molar-refractivity contribution is 5.87. The molecular weight excluding hydrogens is 472 g/mol. The van der Waals surface area contributed by atoms with E-state index in [0.717, 1.165) is 36.3 Å². The molecule has 2 saturated carbocycles. The van der Waals surface area contributed by atoms with Crippen LogP contribution in [0, 0.1) is 17.8 Å². The van der Waals surface area contributed by atoms with E-state index in [1.54, 1.807) is 0 Å². The van der Waals surface area contributed by atoms with Crippen LogP contribution >= 0.6 is 0 Å². The average molecular weight is 511 g/mol. The summed E-state index contributed by atoms with van der Waals surface area (Å²) in [6, 6.07) is 0.473. The normalized spacial score (nSPS) is 25.8. The van der Waals surface area contributed by atoms with Crippen molar-refractivity contribution in [2.24, 2.45) is 17.8 Å². The Morgan fingerprint density at radius 2 is 1.92 bits per heavy atom. The van der Waals surface area contributed by atoms with Gasteiger partial charge in [-0.05, 0) is 57.3 Å². The predicted molar refractivity (Wildman–Crippen MR) is 141 cm³/mol. The number of hydrogen-bond donors (Lipinski definition) is 2. The Hall–Kier alpha value is -2.95. The molecule has 0 aromatic carbocycles. The summed E-state index contributed by atoms with van der Waals surface area (Å²) >= 11 is 0. The van der Waals surface area contributed by atoms with E-state index in [1.165, 1.54) is 44.9 Å². The van der Waals surface area contributed by atoms with Crippen LogP contribution in [0.1, 0.15) is 65.7 Å². The van der Waals surface area contributed by atoms with Gasteiger partial charge in [-0.3, -0.25) is 9.51 Å². The molecule has 0 spiro atoms. The lowest BCUT2D eigenvalue weighted by Gasteiger charge is -2.35. The first-order valence-corrected chi connectivity index (χ1v) is 13.9. The SMILES string of the molecule is C[C@@H](Nc1nc(-c2noc(=O)[nH]2)nc2nc(N3CCOC[C@@H]3C)n(C[C@H]3CC[C@H](C)CC3)c12)C1CCC1. The Morgan fingerprint density at radius 1 is 1.11 bits per heavy atom. The van der Waals surface area contributed by atoms with Crippen LogP contribution in [0.15, 0.2) is 9.32 Å². The quantitative estimate of drug-likeness (QED) is 0.487. The van der Waals surface area contributed by atoms with Crippen LogP contribution < -0.4 is 16.0 Å². The van der Waals surface area contributed by atoms with Gasteiger partial charge in [-0.2, -0.15) is 4.98 Å². The van der Waals surface area contributed by atoms with Gasteiger partial charge in [-0.1, -0.05) is 31.3 Å². The summed E-state index contributed by atoms with van der Waals surface area (Å²) < 4.78 is 12.8. The predicted octanol–water partition coefficient (Wildman–Crippen LogP) is 3.82. The molecule has 2 atom stereocenters. The van der Waals surface area contributed by atoms with Crippen molar-refractivity contribution >= 4 is 22.9 Å². The zero-order valence-electron chi connectivity index (χ0n) is 22.1. The second-order valence-corrected chi connectivity index (χ2v) is 11.4. The number of ether oxygens (including phenoxy) is 1. The summed E-state index contributed by atoms with van der Waals surface area (Å²) in [5, 5.41) is 7.56. The fourth-order valence-corrected chi connectivity index (χ4v) is 6.02. The number of fused-ring (bicyclic) bond motifs is 1. The number of aromatic nitrogens is 6. The molecule has 0 amide bonds. The van der Waals surface area contributed by atoms with Gasteiger partial charge in [0.15, 0.2) is 11.5 Å². The first-order valence-electron chi connectivity index (χ1n) is 13.9. The van der Waals surface area contributed by atoms with E-state index < -0.39 is 5.76 Å². The van der Waals surface area contributed by atoms with Crippen molar-refractivity contribution in [2.45, 2.75) is 84.3 Å². The molecule has 4 heterocycles. The third kappa shape index (κ3) is 4.85. The third-order valence-corrected chi connectivity index (χ3v) is 8.66. The molecule has 0 bridgehead atoms. The van der Waals surface area contributed by atoms with Crippen LogP contribution in [-0.2, 0) is 11.3 Å². The van der Waals surface area contributed by atoms with Gasteiger partial charge in [0, 0.05) is 19.1 Å². The molecule has 3 aromatic rings. The summed E-state index contributed by atoms with van der Waals surface area (Å²) in [6.07, 6.45) is 8.70. The molecule has 11 heteroatoms. The molecule has 1 saturated heterocycles. The second kappa shape index (κ2) is 10.1. The number of hydrogen-bond acceptors (Lipinski definition) is 9. The number of anilines is 2. The fourth-order valence-electron chi connectivity index (χ4n) is 6.02. The summed E-state index contributed by atoms with van der Waals surface area (Å²) in [6.45, 7) is 9.78. The van der Waals surface area contributed by atoms with Gasteiger partial charge in [0.1, 0.15) is 5.52 Å². The van der Waals surface area contributed by atoms with Crippen LogP contribution in [-0.4, -0.2) is 61.5 Å². The van der Waals surface area contributed by atoms with E-state index in [2.05, 4.69) is 45.7 Å². The van der Waals surface area contributed by atoms with Gasteiger partial charge in [0.05, 0.1) is 19.3 Å². The molecule has 6 rings (SSSR count). The standard InChI is InChI=1S/C26H38N8O3/c1-15-7-9-18(10-8-15)13-34-20-21(27-17(3)19-5-4-6-19)28-23(24-31-26(35)37-32-24)29-22(20)30-25(34)33-11-12-36-14-16(33)2/h15-19H,4-14H2,1-3H3,(H,27,28,29)(H,31,32,35)/t15-,16-,17+,18-/m0/s1. The van der Waals surface area contributed by atoms with Crippen molar-refractivity contribution in [3.05, 3.63) is 10.6 Å². The van der Waals surface area contributed by atoms with E-state index >= 15 is 0 Å². The van der Waals surface area contributed by atoms with Crippen molar-refractivity contribution in [1.29, 1.82) is 0 Å². The number of nitrogens with zero attached hydrogens (tertiary/aromatic N) is 6. The molecule has 37 heavy (non-hydrogen) atoms. The second-order valence-electron chi connectivity index (χ2n) is 11.4.